The van der Waals surface area contributed by atoms with Crippen LogP contribution in [-0.2, 0) is 11.2 Å². The lowest BCUT2D eigenvalue weighted by atomic mass is 10.0. The largest absolute Gasteiger partial charge is 0.384 e. The second-order valence-corrected chi connectivity index (χ2v) is 5.59. The molecule has 0 aliphatic carbocycles. The van der Waals surface area contributed by atoms with Gasteiger partial charge in [-0.2, -0.15) is 0 Å². The Labute approximate surface area is 98.3 Å². The van der Waals surface area contributed by atoms with Crippen molar-refractivity contribution in [3.8, 4) is 0 Å². The van der Waals surface area contributed by atoms with Gasteiger partial charge in [-0.15, -0.1) is 0 Å². The third kappa shape index (κ3) is 3.26. The first-order valence-corrected chi connectivity index (χ1v) is 5.53. The zero-order valence-corrected chi connectivity index (χ0v) is 11.0. The molecule has 1 aromatic rings. The second kappa shape index (κ2) is 3.85. The molecular formula is C11H16BrNO2. The van der Waals surface area contributed by atoms with E-state index in [0.29, 0.717) is 11.4 Å². The summed E-state index contributed by atoms with van der Waals surface area (Å²) in [6.07, 6.45) is 0. The molecule has 3 nitrogen and oxygen atoms in total. The molecule has 0 atom stereocenters. The van der Waals surface area contributed by atoms with Crippen molar-refractivity contribution in [2.75, 3.05) is 0 Å². The van der Waals surface area contributed by atoms with E-state index in [4.69, 9.17) is 0 Å². The molecule has 4 heteroatoms. The van der Waals surface area contributed by atoms with Crippen molar-refractivity contribution >= 4 is 15.9 Å². The number of nitrogens with zero attached hydrogens (tertiary/aromatic N) is 1. The van der Waals surface area contributed by atoms with E-state index in [9.17, 15) is 10.2 Å². The van der Waals surface area contributed by atoms with Gasteiger partial charge < -0.3 is 10.2 Å². The van der Waals surface area contributed by atoms with Crippen molar-refractivity contribution in [2.24, 2.45) is 0 Å². The lowest BCUT2D eigenvalue weighted by molar-refractivity contribution is 0.0624. The highest BCUT2D eigenvalue weighted by Gasteiger charge is 2.24. The number of pyridine rings is 1. The molecule has 1 aromatic heterocycles. The topological polar surface area (TPSA) is 53.4 Å². The third-order valence-electron chi connectivity index (χ3n) is 2.04. The quantitative estimate of drug-likeness (QED) is 0.870. The van der Waals surface area contributed by atoms with Gasteiger partial charge in [0.05, 0.1) is 11.4 Å². The van der Waals surface area contributed by atoms with Crippen molar-refractivity contribution < 1.29 is 10.2 Å². The molecule has 0 aliphatic heterocycles. The standard InChI is InChI=1S/C11H16BrNO2/c1-10(2,14)8-5-7(12)6-9(13-8)11(3,4)15/h5-6,14-15H,1-4H3. The van der Waals surface area contributed by atoms with Crippen LogP contribution in [0.5, 0.6) is 0 Å². The van der Waals surface area contributed by atoms with E-state index >= 15 is 0 Å². The van der Waals surface area contributed by atoms with Crippen LogP contribution in [0.15, 0.2) is 16.6 Å². The maximum atomic E-state index is 9.84. The molecule has 0 bridgehead atoms. The van der Waals surface area contributed by atoms with Crippen LogP contribution in [0.3, 0.4) is 0 Å². The fourth-order valence-corrected chi connectivity index (χ4v) is 1.56. The summed E-state index contributed by atoms with van der Waals surface area (Å²) < 4.78 is 0.798. The zero-order valence-electron chi connectivity index (χ0n) is 9.37. The molecule has 0 unspecified atom stereocenters. The van der Waals surface area contributed by atoms with Crippen LogP contribution in [0.2, 0.25) is 0 Å². The first-order valence-electron chi connectivity index (χ1n) is 4.74. The maximum absolute atomic E-state index is 9.84. The van der Waals surface area contributed by atoms with Crippen molar-refractivity contribution in [2.45, 2.75) is 38.9 Å². The summed E-state index contributed by atoms with van der Waals surface area (Å²) in [5.74, 6) is 0. The van der Waals surface area contributed by atoms with Crippen LogP contribution >= 0.6 is 15.9 Å². The van der Waals surface area contributed by atoms with Gasteiger partial charge in [0.1, 0.15) is 11.2 Å². The Morgan fingerprint density at radius 3 is 1.60 bits per heavy atom. The summed E-state index contributed by atoms with van der Waals surface area (Å²) in [5, 5.41) is 19.7. The Balaban J connectivity index is 3.30. The Kier molecular flexibility index (Phi) is 3.24. The van der Waals surface area contributed by atoms with Gasteiger partial charge in [0.2, 0.25) is 0 Å². The maximum Gasteiger partial charge on any atom is 0.101 e. The van der Waals surface area contributed by atoms with Gasteiger partial charge in [0, 0.05) is 4.47 Å². The Hall–Kier alpha value is -0.450. The van der Waals surface area contributed by atoms with Gasteiger partial charge in [0.15, 0.2) is 0 Å². The van der Waals surface area contributed by atoms with Gasteiger partial charge in [0.25, 0.3) is 0 Å². The number of aliphatic hydroxyl groups is 2. The molecule has 1 heterocycles. The molecule has 0 radical (unpaired) electrons. The number of rotatable bonds is 2. The molecule has 2 N–H and O–H groups in total. The molecule has 0 amide bonds. The highest BCUT2D eigenvalue weighted by Crippen LogP contribution is 2.26. The highest BCUT2D eigenvalue weighted by atomic mass is 79.9. The zero-order chi connectivity index (χ0) is 11.9. The highest BCUT2D eigenvalue weighted by molar-refractivity contribution is 9.10. The van der Waals surface area contributed by atoms with Crippen LogP contribution in [0.1, 0.15) is 39.1 Å². The van der Waals surface area contributed by atoms with Crippen LogP contribution < -0.4 is 0 Å². The summed E-state index contributed by atoms with van der Waals surface area (Å²) in [7, 11) is 0. The number of halogens is 1. The van der Waals surface area contributed by atoms with E-state index in [-0.39, 0.29) is 0 Å². The van der Waals surface area contributed by atoms with E-state index in [1.807, 2.05) is 0 Å². The molecule has 0 spiro atoms. The molecule has 0 saturated carbocycles. The molecule has 0 fully saturated rings. The van der Waals surface area contributed by atoms with Gasteiger partial charge in [-0.05, 0) is 39.8 Å². The minimum absolute atomic E-state index is 0.536. The number of hydrogen-bond acceptors (Lipinski definition) is 3. The number of aromatic nitrogens is 1. The van der Waals surface area contributed by atoms with Crippen molar-refractivity contribution in [1.29, 1.82) is 0 Å². The van der Waals surface area contributed by atoms with Crippen LogP contribution in [0.4, 0.5) is 0 Å². The molecule has 15 heavy (non-hydrogen) atoms. The van der Waals surface area contributed by atoms with E-state index in [0.717, 1.165) is 4.47 Å². The third-order valence-corrected chi connectivity index (χ3v) is 2.50. The summed E-state index contributed by atoms with van der Waals surface area (Å²) in [4.78, 5) is 4.25. The molecule has 0 aliphatic rings. The van der Waals surface area contributed by atoms with E-state index in [1.165, 1.54) is 0 Å². The van der Waals surface area contributed by atoms with E-state index < -0.39 is 11.2 Å². The summed E-state index contributed by atoms with van der Waals surface area (Å²) in [5.41, 5.74) is -0.948. The molecule has 0 saturated heterocycles. The van der Waals surface area contributed by atoms with Gasteiger partial charge in [-0.25, -0.2) is 0 Å². The molecule has 1 rings (SSSR count). The average molecular weight is 274 g/mol. The van der Waals surface area contributed by atoms with Crippen LogP contribution in [-0.4, -0.2) is 15.2 Å². The van der Waals surface area contributed by atoms with Crippen molar-refractivity contribution in [3.63, 3.8) is 0 Å². The lowest BCUT2D eigenvalue weighted by Gasteiger charge is -2.22. The first-order chi connectivity index (χ1) is 6.60. The Morgan fingerprint density at radius 2 is 1.33 bits per heavy atom. The summed E-state index contributed by atoms with van der Waals surface area (Å²) in [6, 6.07) is 3.49. The second-order valence-electron chi connectivity index (χ2n) is 4.67. The minimum atomic E-state index is -1.01. The predicted octanol–water partition coefficient (Wildman–Crippen LogP) is 2.30. The fraction of sp³-hybridized carbons (Fsp3) is 0.545. The van der Waals surface area contributed by atoms with E-state index in [2.05, 4.69) is 20.9 Å². The van der Waals surface area contributed by atoms with Crippen molar-refractivity contribution in [3.05, 3.63) is 28.0 Å². The lowest BCUT2D eigenvalue weighted by Crippen LogP contribution is -2.23. The Bertz CT molecular complexity index is 332. The number of hydrogen-bond donors (Lipinski definition) is 2. The van der Waals surface area contributed by atoms with Gasteiger partial charge in [-0.3, -0.25) is 4.98 Å². The molecule has 84 valence electrons. The average Bonchev–Trinajstić information content (AvgIpc) is 1.99. The monoisotopic (exact) mass is 273 g/mol. The SMILES string of the molecule is CC(C)(O)c1cc(Br)cc(C(C)(C)O)n1. The summed E-state index contributed by atoms with van der Waals surface area (Å²) in [6.45, 7) is 6.65. The molecule has 0 aromatic carbocycles. The smallest absolute Gasteiger partial charge is 0.101 e. The fourth-order valence-electron chi connectivity index (χ4n) is 1.12. The van der Waals surface area contributed by atoms with Crippen molar-refractivity contribution in [1.82, 2.24) is 4.98 Å². The first kappa shape index (κ1) is 12.6. The summed E-state index contributed by atoms with van der Waals surface area (Å²) >= 11 is 3.34. The van der Waals surface area contributed by atoms with Gasteiger partial charge >= 0.3 is 0 Å². The predicted molar refractivity (Wildman–Crippen MR) is 62.4 cm³/mol. The molecular weight excluding hydrogens is 258 g/mol. The van der Waals surface area contributed by atoms with Gasteiger partial charge in [-0.1, -0.05) is 15.9 Å². The minimum Gasteiger partial charge on any atom is -0.384 e. The van der Waals surface area contributed by atoms with Crippen LogP contribution in [0.25, 0.3) is 0 Å². The Morgan fingerprint density at radius 1 is 1.00 bits per heavy atom. The van der Waals surface area contributed by atoms with E-state index in [1.54, 1.807) is 39.8 Å². The normalized spacial score (nSPS) is 13.0. The van der Waals surface area contributed by atoms with Crippen LogP contribution in [0, 0.1) is 0 Å².